The van der Waals surface area contributed by atoms with Crippen molar-refractivity contribution < 1.29 is 9.32 Å². The Balaban J connectivity index is 1.51. The number of rotatable bonds is 5. The van der Waals surface area contributed by atoms with E-state index < -0.39 is 0 Å². The van der Waals surface area contributed by atoms with Gasteiger partial charge in [0.1, 0.15) is 6.54 Å². The van der Waals surface area contributed by atoms with E-state index in [0.717, 1.165) is 22.2 Å². The van der Waals surface area contributed by atoms with Crippen LogP contribution in [-0.2, 0) is 11.3 Å². The van der Waals surface area contributed by atoms with Gasteiger partial charge in [-0.15, -0.1) is 0 Å². The molecule has 5 rings (SSSR count). The molecule has 2 aromatic carbocycles. The lowest BCUT2D eigenvalue weighted by molar-refractivity contribution is -0.116. The van der Waals surface area contributed by atoms with E-state index in [4.69, 9.17) is 4.52 Å². The van der Waals surface area contributed by atoms with Crippen LogP contribution in [0.3, 0.4) is 0 Å². The highest BCUT2D eigenvalue weighted by Gasteiger charge is 2.18. The molecule has 5 aromatic rings. The molecule has 168 valence electrons. The lowest BCUT2D eigenvalue weighted by Crippen LogP contribution is -2.28. The Bertz CT molecular complexity index is 1570. The van der Waals surface area contributed by atoms with Gasteiger partial charge in [0.2, 0.25) is 11.7 Å². The zero-order chi connectivity index (χ0) is 23.7. The van der Waals surface area contributed by atoms with Crippen molar-refractivity contribution in [1.29, 1.82) is 0 Å². The van der Waals surface area contributed by atoms with Gasteiger partial charge in [-0.05, 0) is 49.2 Å². The van der Waals surface area contributed by atoms with Crippen LogP contribution in [0.5, 0.6) is 0 Å². The molecule has 0 fully saturated rings. The van der Waals surface area contributed by atoms with Gasteiger partial charge < -0.3 is 9.84 Å². The Morgan fingerprint density at radius 2 is 1.91 bits per heavy atom. The van der Waals surface area contributed by atoms with E-state index in [0.29, 0.717) is 22.5 Å². The normalized spacial score (nSPS) is 11.0. The highest BCUT2D eigenvalue weighted by atomic mass is 16.5. The van der Waals surface area contributed by atoms with Crippen molar-refractivity contribution in [2.45, 2.75) is 20.4 Å². The molecule has 0 aliphatic rings. The second kappa shape index (κ2) is 8.74. The van der Waals surface area contributed by atoms with Gasteiger partial charge in [-0.1, -0.05) is 35.5 Å². The summed E-state index contributed by atoms with van der Waals surface area (Å²) in [7, 11) is 0. The van der Waals surface area contributed by atoms with E-state index in [-0.39, 0.29) is 23.9 Å². The quantitative estimate of drug-likeness (QED) is 0.426. The summed E-state index contributed by atoms with van der Waals surface area (Å²) in [5, 5.41) is 7.67. The minimum Gasteiger partial charge on any atom is -0.334 e. The number of carbonyl (C=O) groups is 1. The number of para-hydroxylation sites is 1. The molecule has 0 unspecified atom stereocenters. The van der Waals surface area contributed by atoms with Gasteiger partial charge in [0, 0.05) is 35.1 Å². The summed E-state index contributed by atoms with van der Waals surface area (Å²) in [6, 6.07) is 18.2. The summed E-state index contributed by atoms with van der Waals surface area (Å²) in [5.74, 6) is 0.314. The predicted molar refractivity (Wildman–Crippen MR) is 129 cm³/mol. The number of nitrogens with one attached hydrogen (secondary N) is 1. The number of carbonyl (C=O) groups excluding carboxylic acids is 1. The van der Waals surface area contributed by atoms with E-state index in [1.165, 1.54) is 10.6 Å². The Hall–Kier alpha value is -4.59. The minimum absolute atomic E-state index is 0.127. The van der Waals surface area contributed by atoms with Gasteiger partial charge in [-0.25, -0.2) is 0 Å². The van der Waals surface area contributed by atoms with E-state index >= 15 is 0 Å². The number of fused-ring (bicyclic) bond motifs is 1. The molecule has 0 bridgehead atoms. The first-order chi connectivity index (χ1) is 16.5. The van der Waals surface area contributed by atoms with Crippen molar-refractivity contribution in [1.82, 2.24) is 19.7 Å². The Morgan fingerprint density at radius 1 is 1.06 bits per heavy atom. The third kappa shape index (κ3) is 4.09. The SMILES string of the molecule is Cc1ccc(C)c(NC(=O)Cn2c(=O)cc(-c3nc(-c4cccnc4)no3)c3ccccc32)c1. The molecule has 8 heteroatoms. The monoisotopic (exact) mass is 451 g/mol. The lowest BCUT2D eigenvalue weighted by atomic mass is 10.1. The maximum Gasteiger partial charge on any atom is 0.259 e. The molecular weight excluding hydrogens is 430 g/mol. The molecule has 0 saturated carbocycles. The number of pyridine rings is 2. The largest absolute Gasteiger partial charge is 0.334 e. The van der Waals surface area contributed by atoms with Crippen molar-refractivity contribution in [2.24, 2.45) is 0 Å². The standard InChI is InChI=1S/C26H21N5O3/c1-16-9-10-17(2)21(12-16)28-23(32)15-31-22-8-4-3-7-19(22)20(13-24(31)33)26-29-25(30-34-26)18-6-5-11-27-14-18/h3-14H,15H2,1-2H3,(H,28,32). The predicted octanol–water partition coefficient (Wildman–Crippen LogP) is 4.37. The molecule has 8 nitrogen and oxygen atoms in total. The van der Waals surface area contributed by atoms with Crippen LogP contribution in [0.2, 0.25) is 0 Å². The fourth-order valence-electron chi connectivity index (χ4n) is 3.82. The number of amides is 1. The molecular formula is C26H21N5O3. The Morgan fingerprint density at radius 3 is 2.74 bits per heavy atom. The number of hydrogen-bond donors (Lipinski definition) is 1. The van der Waals surface area contributed by atoms with Crippen LogP contribution in [0.1, 0.15) is 11.1 Å². The number of aryl methyl sites for hydroxylation is 2. The van der Waals surface area contributed by atoms with Gasteiger partial charge in [0.05, 0.1) is 11.1 Å². The van der Waals surface area contributed by atoms with E-state index in [1.54, 1.807) is 24.5 Å². The van der Waals surface area contributed by atoms with Gasteiger partial charge >= 0.3 is 0 Å². The Kier molecular flexibility index (Phi) is 5.47. The number of hydrogen-bond acceptors (Lipinski definition) is 6. The first-order valence-corrected chi connectivity index (χ1v) is 10.7. The fraction of sp³-hybridized carbons (Fsp3) is 0.115. The highest BCUT2D eigenvalue weighted by molar-refractivity contribution is 5.95. The first kappa shape index (κ1) is 21.3. The molecule has 3 aromatic heterocycles. The lowest BCUT2D eigenvalue weighted by Gasteiger charge is -2.13. The highest BCUT2D eigenvalue weighted by Crippen LogP contribution is 2.28. The average Bonchev–Trinajstić information content (AvgIpc) is 3.34. The molecule has 3 heterocycles. The summed E-state index contributed by atoms with van der Waals surface area (Å²) >= 11 is 0. The molecule has 0 radical (unpaired) electrons. The summed E-state index contributed by atoms with van der Waals surface area (Å²) in [6.07, 6.45) is 3.30. The van der Waals surface area contributed by atoms with Crippen LogP contribution >= 0.6 is 0 Å². The molecule has 1 N–H and O–H groups in total. The van der Waals surface area contributed by atoms with E-state index in [9.17, 15) is 9.59 Å². The van der Waals surface area contributed by atoms with Crippen molar-refractivity contribution in [2.75, 3.05) is 5.32 Å². The van der Waals surface area contributed by atoms with Gasteiger partial charge in [0.25, 0.3) is 11.4 Å². The third-order valence-electron chi connectivity index (χ3n) is 5.56. The molecule has 0 aliphatic heterocycles. The van der Waals surface area contributed by atoms with Gasteiger partial charge in [-0.3, -0.25) is 19.1 Å². The number of benzene rings is 2. The van der Waals surface area contributed by atoms with E-state index in [1.807, 2.05) is 56.3 Å². The second-order valence-electron chi connectivity index (χ2n) is 8.03. The van der Waals surface area contributed by atoms with Crippen LogP contribution in [-0.4, -0.2) is 25.6 Å². The minimum atomic E-state index is -0.342. The molecule has 1 amide bonds. The average molecular weight is 451 g/mol. The van der Waals surface area contributed by atoms with Gasteiger partial charge in [0.15, 0.2) is 0 Å². The second-order valence-corrected chi connectivity index (χ2v) is 8.03. The molecule has 34 heavy (non-hydrogen) atoms. The Labute approximate surface area is 194 Å². The van der Waals surface area contributed by atoms with Crippen molar-refractivity contribution >= 4 is 22.5 Å². The number of aromatic nitrogens is 4. The first-order valence-electron chi connectivity index (χ1n) is 10.7. The van der Waals surface area contributed by atoms with Crippen LogP contribution < -0.4 is 10.9 Å². The van der Waals surface area contributed by atoms with Gasteiger partial charge in [-0.2, -0.15) is 4.98 Å². The maximum atomic E-state index is 13.1. The number of anilines is 1. The van der Waals surface area contributed by atoms with Crippen molar-refractivity contribution in [3.63, 3.8) is 0 Å². The van der Waals surface area contributed by atoms with Crippen LogP contribution in [0, 0.1) is 13.8 Å². The van der Waals surface area contributed by atoms with Crippen molar-refractivity contribution in [3.05, 3.63) is 94.5 Å². The summed E-state index contributed by atoms with van der Waals surface area (Å²) in [5.41, 5.74) is 4.19. The smallest absolute Gasteiger partial charge is 0.259 e. The molecule has 0 saturated heterocycles. The fourth-order valence-corrected chi connectivity index (χ4v) is 3.82. The zero-order valence-corrected chi connectivity index (χ0v) is 18.6. The van der Waals surface area contributed by atoms with Crippen LogP contribution in [0.25, 0.3) is 33.7 Å². The van der Waals surface area contributed by atoms with Crippen LogP contribution in [0.4, 0.5) is 5.69 Å². The third-order valence-corrected chi connectivity index (χ3v) is 5.56. The molecule has 0 spiro atoms. The number of nitrogens with zero attached hydrogens (tertiary/aromatic N) is 4. The summed E-state index contributed by atoms with van der Waals surface area (Å²) in [6.45, 7) is 3.76. The molecule has 0 aliphatic carbocycles. The zero-order valence-electron chi connectivity index (χ0n) is 18.6. The topological polar surface area (TPSA) is 103 Å². The van der Waals surface area contributed by atoms with Crippen LogP contribution in [0.15, 0.2) is 82.4 Å². The molecule has 0 atom stereocenters. The van der Waals surface area contributed by atoms with E-state index in [2.05, 4.69) is 20.4 Å². The summed E-state index contributed by atoms with van der Waals surface area (Å²) in [4.78, 5) is 34.5. The maximum absolute atomic E-state index is 13.1. The summed E-state index contributed by atoms with van der Waals surface area (Å²) < 4.78 is 6.92. The van der Waals surface area contributed by atoms with Crippen molar-refractivity contribution in [3.8, 4) is 22.8 Å².